The molecule has 4 atom stereocenters. The number of nitrogens with zero attached hydrogens (tertiary/aromatic N) is 1. The van der Waals surface area contributed by atoms with Gasteiger partial charge in [0.1, 0.15) is 11.8 Å². The predicted molar refractivity (Wildman–Crippen MR) is 103 cm³/mol. The van der Waals surface area contributed by atoms with Gasteiger partial charge in [-0.15, -0.1) is 0 Å². The molecule has 1 unspecified atom stereocenters. The van der Waals surface area contributed by atoms with Crippen LogP contribution in [0.2, 0.25) is 0 Å². The number of benzene rings is 1. The second kappa shape index (κ2) is 7.45. The van der Waals surface area contributed by atoms with Crippen molar-refractivity contribution in [3.05, 3.63) is 64.5 Å². The van der Waals surface area contributed by atoms with Gasteiger partial charge in [0.15, 0.2) is 5.78 Å². The lowest BCUT2D eigenvalue weighted by Gasteiger charge is -2.14. The summed E-state index contributed by atoms with van der Waals surface area (Å²) in [5.74, 6) is 0.930. The second-order valence-electron chi connectivity index (χ2n) is 7.72. The summed E-state index contributed by atoms with van der Waals surface area (Å²) in [4.78, 5) is 29.3. The van der Waals surface area contributed by atoms with Gasteiger partial charge in [-0.05, 0) is 42.4 Å². The SMILES string of the molecule is CNC(=O)c1cc(C(=O)CC2[C@H]3COC[C@@H]23)cc([C@@H](O)c2cccc(C)c2)n1. The lowest BCUT2D eigenvalue weighted by Crippen LogP contribution is -2.21. The van der Waals surface area contributed by atoms with E-state index in [1.54, 1.807) is 12.1 Å². The Bertz CT molecular complexity index is 917. The highest BCUT2D eigenvalue weighted by molar-refractivity contribution is 6.00. The van der Waals surface area contributed by atoms with Gasteiger partial charge in [-0.1, -0.05) is 29.8 Å². The summed E-state index contributed by atoms with van der Waals surface area (Å²) in [6.45, 7) is 3.41. The molecule has 2 N–H and O–H groups in total. The normalized spacial score (nSPS) is 23.8. The fourth-order valence-corrected chi connectivity index (χ4v) is 4.10. The molecule has 1 aliphatic carbocycles. The van der Waals surface area contributed by atoms with E-state index < -0.39 is 6.10 Å². The summed E-state index contributed by atoms with van der Waals surface area (Å²) in [5.41, 5.74) is 2.54. The Balaban J connectivity index is 1.63. The van der Waals surface area contributed by atoms with Crippen LogP contribution < -0.4 is 5.32 Å². The molecule has 28 heavy (non-hydrogen) atoms. The third-order valence-electron chi connectivity index (χ3n) is 5.82. The Kier molecular flexibility index (Phi) is 5.00. The van der Waals surface area contributed by atoms with E-state index in [-0.39, 0.29) is 17.4 Å². The van der Waals surface area contributed by atoms with Gasteiger partial charge < -0.3 is 15.2 Å². The minimum atomic E-state index is -1.01. The van der Waals surface area contributed by atoms with E-state index in [2.05, 4.69) is 10.3 Å². The molecule has 2 aromatic rings. The molecule has 6 heteroatoms. The summed E-state index contributed by atoms with van der Waals surface area (Å²) in [5, 5.41) is 13.3. The Morgan fingerprint density at radius 2 is 2.00 bits per heavy atom. The number of carbonyl (C=O) groups excluding carboxylic acids is 2. The van der Waals surface area contributed by atoms with Crippen LogP contribution in [0.4, 0.5) is 0 Å². The third-order valence-corrected chi connectivity index (χ3v) is 5.82. The lowest BCUT2D eigenvalue weighted by molar-refractivity contribution is 0.0950. The van der Waals surface area contributed by atoms with E-state index in [4.69, 9.17) is 4.74 Å². The zero-order chi connectivity index (χ0) is 19.8. The number of pyridine rings is 1. The number of fused-ring (bicyclic) bond motifs is 1. The van der Waals surface area contributed by atoms with Crippen molar-refractivity contribution in [1.82, 2.24) is 10.3 Å². The highest BCUT2D eigenvalue weighted by Gasteiger charge is 2.54. The average molecular weight is 380 g/mol. The number of aryl methyl sites for hydroxylation is 1. The second-order valence-corrected chi connectivity index (χ2v) is 7.72. The first-order valence-electron chi connectivity index (χ1n) is 9.57. The van der Waals surface area contributed by atoms with Gasteiger partial charge in [0.05, 0.1) is 18.9 Å². The number of carbonyl (C=O) groups is 2. The lowest BCUT2D eigenvalue weighted by atomic mass is 9.99. The molecule has 2 heterocycles. The summed E-state index contributed by atoms with van der Waals surface area (Å²) < 4.78 is 5.39. The van der Waals surface area contributed by atoms with Crippen LogP contribution in [0.5, 0.6) is 0 Å². The number of hydrogen-bond acceptors (Lipinski definition) is 5. The standard InChI is InChI=1S/C22H24N2O4/c1-12-4-3-5-13(6-12)21(26)18-7-14(8-19(24-18)22(27)23-2)20(25)9-15-16-10-28-11-17(15)16/h3-8,15-17,21,26H,9-11H2,1-2H3,(H,23,27)/t15?,16-,17+,21-/m0/s1. The molecular weight excluding hydrogens is 356 g/mol. The quantitative estimate of drug-likeness (QED) is 0.751. The molecule has 4 rings (SSSR count). The minimum Gasteiger partial charge on any atom is -0.382 e. The first-order chi connectivity index (χ1) is 13.5. The number of ketones is 1. The van der Waals surface area contributed by atoms with Crippen LogP contribution in [0.25, 0.3) is 0 Å². The molecule has 1 aromatic heterocycles. The molecule has 2 aliphatic rings. The van der Waals surface area contributed by atoms with Gasteiger partial charge in [0.25, 0.3) is 5.91 Å². The van der Waals surface area contributed by atoms with Crippen LogP contribution in [-0.4, -0.2) is 42.0 Å². The molecule has 146 valence electrons. The van der Waals surface area contributed by atoms with Crippen LogP contribution in [0, 0.1) is 24.7 Å². The van der Waals surface area contributed by atoms with Gasteiger partial charge in [-0.3, -0.25) is 9.59 Å². The van der Waals surface area contributed by atoms with Crippen LogP contribution in [0.3, 0.4) is 0 Å². The van der Waals surface area contributed by atoms with Crippen LogP contribution in [0.15, 0.2) is 36.4 Å². The van der Waals surface area contributed by atoms with Crippen molar-refractivity contribution in [2.75, 3.05) is 20.3 Å². The number of rotatable bonds is 6. The topological polar surface area (TPSA) is 88.5 Å². The average Bonchev–Trinajstić information content (AvgIpc) is 3.12. The summed E-state index contributed by atoms with van der Waals surface area (Å²) >= 11 is 0. The highest BCUT2D eigenvalue weighted by atomic mass is 16.5. The maximum absolute atomic E-state index is 12.9. The first kappa shape index (κ1) is 18.8. The molecule has 1 aliphatic heterocycles. The molecule has 0 spiro atoms. The number of amides is 1. The number of nitrogens with one attached hydrogen (secondary N) is 1. The number of aliphatic hydroxyl groups excluding tert-OH is 1. The largest absolute Gasteiger partial charge is 0.382 e. The predicted octanol–water partition coefficient (Wildman–Crippen LogP) is 2.30. The van der Waals surface area contributed by atoms with Gasteiger partial charge in [-0.2, -0.15) is 0 Å². The van der Waals surface area contributed by atoms with E-state index in [9.17, 15) is 14.7 Å². The molecule has 1 aromatic carbocycles. The van der Waals surface area contributed by atoms with E-state index in [1.165, 1.54) is 13.1 Å². The summed E-state index contributed by atoms with van der Waals surface area (Å²) in [6, 6.07) is 10.6. The van der Waals surface area contributed by atoms with E-state index >= 15 is 0 Å². The zero-order valence-corrected chi connectivity index (χ0v) is 16.0. The molecular formula is C22H24N2O4. The van der Waals surface area contributed by atoms with E-state index in [0.717, 1.165) is 18.8 Å². The molecule has 1 amide bonds. The molecule has 2 fully saturated rings. The number of aliphatic hydroxyl groups is 1. The van der Waals surface area contributed by atoms with Crippen molar-refractivity contribution in [2.45, 2.75) is 19.4 Å². The van der Waals surface area contributed by atoms with E-state index in [0.29, 0.717) is 41.0 Å². The highest BCUT2D eigenvalue weighted by Crippen LogP contribution is 2.52. The number of ether oxygens (including phenoxy) is 1. The van der Waals surface area contributed by atoms with Gasteiger partial charge in [-0.25, -0.2) is 4.98 Å². The fourth-order valence-electron chi connectivity index (χ4n) is 4.10. The number of Topliss-reactive ketones (excluding diaryl/α,β-unsaturated/α-hetero) is 1. The van der Waals surface area contributed by atoms with Crippen molar-refractivity contribution in [1.29, 1.82) is 0 Å². The Morgan fingerprint density at radius 1 is 1.25 bits per heavy atom. The Hall–Kier alpha value is -2.57. The minimum absolute atomic E-state index is 0.0235. The molecule has 1 saturated carbocycles. The van der Waals surface area contributed by atoms with Crippen LogP contribution >= 0.6 is 0 Å². The van der Waals surface area contributed by atoms with Crippen molar-refractivity contribution in [2.24, 2.45) is 17.8 Å². The van der Waals surface area contributed by atoms with Crippen LogP contribution in [0.1, 0.15) is 50.2 Å². The van der Waals surface area contributed by atoms with Crippen molar-refractivity contribution in [3.8, 4) is 0 Å². The monoisotopic (exact) mass is 380 g/mol. The van der Waals surface area contributed by atoms with Crippen molar-refractivity contribution >= 4 is 11.7 Å². The van der Waals surface area contributed by atoms with Gasteiger partial charge in [0, 0.05) is 19.0 Å². The maximum Gasteiger partial charge on any atom is 0.269 e. The summed E-state index contributed by atoms with van der Waals surface area (Å²) in [6.07, 6.45) is -0.569. The fraction of sp³-hybridized carbons (Fsp3) is 0.409. The molecule has 0 radical (unpaired) electrons. The van der Waals surface area contributed by atoms with Crippen molar-refractivity contribution in [3.63, 3.8) is 0 Å². The van der Waals surface area contributed by atoms with Crippen LogP contribution in [-0.2, 0) is 4.74 Å². The van der Waals surface area contributed by atoms with Crippen molar-refractivity contribution < 1.29 is 19.4 Å². The number of aromatic nitrogens is 1. The molecule has 1 saturated heterocycles. The smallest absolute Gasteiger partial charge is 0.269 e. The zero-order valence-electron chi connectivity index (χ0n) is 16.0. The summed E-state index contributed by atoms with van der Waals surface area (Å²) in [7, 11) is 1.51. The Morgan fingerprint density at radius 3 is 2.68 bits per heavy atom. The van der Waals surface area contributed by atoms with Gasteiger partial charge in [0.2, 0.25) is 0 Å². The first-order valence-corrected chi connectivity index (χ1v) is 9.57. The third kappa shape index (κ3) is 3.57. The Labute approximate surface area is 163 Å². The molecule has 0 bridgehead atoms. The molecule has 6 nitrogen and oxygen atoms in total. The number of hydrogen-bond donors (Lipinski definition) is 2. The van der Waals surface area contributed by atoms with Gasteiger partial charge >= 0.3 is 0 Å². The van der Waals surface area contributed by atoms with E-state index in [1.807, 2.05) is 25.1 Å². The maximum atomic E-state index is 12.9.